The second-order valence-electron chi connectivity index (χ2n) is 9.23. The minimum atomic E-state index is 0.528. The lowest BCUT2D eigenvalue weighted by Crippen LogP contribution is -2.04. The van der Waals surface area contributed by atoms with E-state index in [2.05, 4.69) is 45.4 Å². The van der Waals surface area contributed by atoms with Crippen LogP contribution < -0.4 is 0 Å². The monoisotopic (exact) mass is 507 g/mol. The third-order valence-corrected chi connectivity index (χ3v) is 6.46. The topological polar surface area (TPSA) is 110 Å². The predicted octanol–water partition coefficient (Wildman–Crippen LogP) is 6.14. The molecular formula is C30H21N9. The molecule has 0 fully saturated rings. The molecule has 0 spiro atoms. The smallest absolute Gasteiger partial charge is 0.188 e. The lowest BCUT2D eigenvalue weighted by molar-refractivity contribution is 0.924. The Kier molecular flexibility index (Phi) is 5.55. The first kappa shape index (κ1) is 23.8. The lowest BCUT2D eigenvalue weighted by Gasteiger charge is -2.15. The fourth-order valence-corrected chi connectivity index (χ4v) is 4.94. The van der Waals surface area contributed by atoms with E-state index >= 15 is 0 Å². The summed E-state index contributed by atoms with van der Waals surface area (Å²) in [6.45, 7) is 14.9. The zero-order valence-electron chi connectivity index (χ0n) is 21.7. The molecule has 0 radical (unpaired) electrons. The number of aryl methyl sites for hydroxylation is 4. The molecule has 6 aromatic rings. The molecule has 0 bridgehead atoms. The summed E-state index contributed by atoms with van der Waals surface area (Å²) in [6, 6.07) is 19.4. The molecule has 9 nitrogen and oxygen atoms in total. The van der Waals surface area contributed by atoms with Crippen LogP contribution in [0.25, 0.3) is 55.1 Å². The Bertz CT molecular complexity index is 1930. The molecule has 0 aliphatic carbocycles. The minimum Gasteiger partial charge on any atom is -0.309 e. The highest BCUT2D eigenvalue weighted by Crippen LogP contribution is 2.38. The summed E-state index contributed by atoms with van der Waals surface area (Å²) in [7, 11) is 0. The standard InChI is InChI=1S/C30H21N9/c1-16-33-17(2)36-29(35-16)21-7-10-28(25(13-21)30-37-18(3)34-19(4)38-30)39-26-9-6-20(15-31)12-23(26)24-14-22(32-5)8-11-27(24)39/h6-14H,1-4H3. The Balaban J connectivity index is 1.72. The predicted molar refractivity (Wildman–Crippen MR) is 148 cm³/mol. The lowest BCUT2D eigenvalue weighted by atomic mass is 10.1. The SMILES string of the molecule is [C-]#[N+]c1ccc2c(c1)c1cc(C#N)ccc1n2-c1ccc(-c2nc(C)nc(C)n2)cc1-c1nc(C)nc(C)n1. The van der Waals surface area contributed by atoms with E-state index in [1.807, 2.05) is 70.2 Å². The molecule has 0 N–H and O–H groups in total. The zero-order valence-corrected chi connectivity index (χ0v) is 21.7. The summed E-state index contributed by atoms with van der Waals surface area (Å²) >= 11 is 0. The van der Waals surface area contributed by atoms with E-state index in [0.717, 1.165) is 38.6 Å². The molecule has 0 unspecified atom stereocenters. The van der Waals surface area contributed by atoms with Crippen molar-refractivity contribution < 1.29 is 0 Å². The van der Waals surface area contributed by atoms with Gasteiger partial charge in [-0.1, -0.05) is 6.07 Å². The average Bonchev–Trinajstić information content (AvgIpc) is 3.24. The Morgan fingerprint density at radius 1 is 0.692 bits per heavy atom. The molecule has 0 saturated heterocycles. The maximum absolute atomic E-state index is 9.57. The summed E-state index contributed by atoms with van der Waals surface area (Å²) < 4.78 is 2.12. The molecular weight excluding hydrogens is 486 g/mol. The maximum Gasteiger partial charge on any atom is 0.188 e. The Morgan fingerprint density at radius 2 is 1.28 bits per heavy atom. The van der Waals surface area contributed by atoms with Crippen molar-refractivity contribution in [3.63, 3.8) is 0 Å². The largest absolute Gasteiger partial charge is 0.309 e. The molecule has 9 heteroatoms. The minimum absolute atomic E-state index is 0.528. The van der Waals surface area contributed by atoms with Crippen molar-refractivity contribution >= 4 is 27.5 Å². The number of fused-ring (bicyclic) bond motifs is 3. The van der Waals surface area contributed by atoms with Gasteiger partial charge in [0, 0.05) is 16.5 Å². The van der Waals surface area contributed by atoms with E-state index in [4.69, 9.17) is 6.57 Å². The zero-order chi connectivity index (χ0) is 27.3. The second kappa shape index (κ2) is 9.09. The van der Waals surface area contributed by atoms with Crippen molar-refractivity contribution in [2.75, 3.05) is 0 Å². The van der Waals surface area contributed by atoms with Gasteiger partial charge in [0.2, 0.25) is 0 Å². The quantitative estimate of drug-likeness (QED) is 0.264. The van der Waals surface area contributed by atoms with Crippen LogP contribution in [0.1, 0.15) is 28.9 Å². The van der Waals surface area contributed by atoms with Crippen LogP contribution in [0.2, 0.25) is 0 Å². The van der Waals surface area contributed by atoms with Gasteiger partial charge in [0.1, 0.15) is 23.3 Å². The van der Waals surface area contributed by atoms with Crippen LogP contribution in [0, 0.1) is 45.6 Å². The van der Waals surface area contributed by atoms with Gasteiger partial charge in [-0.2, -0.15) is 5.26 Å². The molecule has 0 aliphatic rings. The Labute approximate surface area is 224 Å². The molecule has 3 heterocycles. The average molecular weight is 508 g/mol. The van der Waals surface area contributed by atoms with Gasteiger partial charge in [-0.05, 0) is 81.6 Å². The number of hydrogen-bond donors (Lipinski definition) is 0. The Hall–Kier alpha value is -5.54. The molecule has 0 saturated carbocycles. The van der Waals surface area contributed by atoms with Crippen molar-refractivity contribution in [2.45, 2.75) is 27.7 Å². The van der Waals surface area contributed by atoms with E-state index in [0.29, 0.717) is 46.2 Å². The van der Waals surface area contributed by atoms with Gasteiger partial charge in [0.05, 0.1) is 34.9 Å². The van der Waals surface area contributed by atoms with Crippen molar-refractivity contribution in [1.29, 1.82) is 5.26 Å². The van der Waals surface area contributed by atoms with Gasteiger partial charge in [-0.3, -0.25) is 0 Å². The van der Waals surface area contributed by atoms with Crippen LogP contribution in [0.3, 0.4) is 0 Å². The van der Waals surface area contributed by atoms with Crippen LogP contribution >= 0.6 is 0 Å². The molecule has 39 heavy (non-hydrogen) atoms. The van der Waals surface area contributed by atoms with E-state index in [1.165, 1.54) is 0 Å². The molecule has 0 aliphatic heterocycles. The van der Waals surface area contributed by atoms with Crippen LogP contribution in [0.5, 0.6) is 0 Å². The number of nitrogens with zero attached hydrogens (tertiary/aromatic N) is 9. The fraction of sp³-hybridized carbons (Fsp3) is 0.133. The van der Waals surface area contributed by atoms with Gasteiger partial charge in [0.15, 0.2) is 17.3 Å². The second-order valence-corrected chi connectivity index (χ2v) is 9.23. The number of nitriles is 1. The molecule has 0 amide bonds. The van der Waals surface area contributed by atoms with Crippen LogP contribution in [-0.2, 0) is 0 Å². The van der Waals surface area contributed by atoms with Crippen LogP contribution in [-0.4, -0.2) is 34.5 Å². The summed E-state index contributed by atoms with van der Waals surface area (Å²) in [5.41, 5.74) is 5.30. The van der Waals surface area contributed by atoms with Crippen molar-refractivity contribution in [3.8, 4) is 34.5 Å². The first-order valence-electron chi connectivity index (χ1n) is 12.2. The van der Waals surface area contributed by atoms with Gasteiger partial charge < -0.3 is 4.57 Å². The number of rotatable bonds is 3. The highest BCUT2D eigenvalue weighted by molar-refractivity contribution is 6.11. The van der Waals surface area contributed by atoms with Crippen molar-refractivity contribution in [3.05, 3.63) is 94.9 Å². The number of aromatic nitrogens is 7. The molecule has 0 atom stereocenters. The number of benzene rings is 3. The summed E-state index contributed by atoms with van der Waals surface area (Å²) in [5.74, 6) is 3.60. The van der Waals surface area contributed by atoms with Gasteiger partial charge in [-0.15, -0.1) is 0 Å². The third-order valence-electron chi connectivity index (χ3n) is 6.46. The van der Waals surface area contributed by atoms with E-state index in [1.54, 1.807) is 12.1 Å². The Morgan fingerprint density at radius 3 is 1.90 bits per heavy atom. The van der Waals surface area contributed by atoms with Gasteiger partial charge >= 0.3 is 0 Å². The molecule has 186 valence electrons. The summed E-state index contributed by atoms with van der Waals surface area (Å²) in [6.07, 6.45) is 0. The van der Waals surface area contributed by atoms with Gasteiger partial charge in [0.25, 0.3) is 0 Å². The van der Waals surface area contributed by atoms with Crippen molar-refractivity contribution in [2.24, 2.45) is 0 Å². The highest BCUT2D eigenvalue weighted by atomic mass is 15.0. The molecule has 3 aromatic heterocycles. The van der Waals surface area contributed by atoms with Crippen LogP contribution in [0.15, 0.2) is 54.6 Å². The van der Waals surface area contributed by atoms with E-state index in [9.17, 15) is 5.26 Å². The normalized spacial score (nSPS) is 11.0. The fourth-order valence-electron chi connectivity index (χ4n) is 4.94. The first-order chi connectivity index (χ1) is 18.8. The highest BCUT2D eigenvalue weighted by Gasteiger charge is 2.20. The van der Waals surface area contributed by atoms with E-state index in [-0.39, 0.29) is 0 Å². The van der Waals surface area contributed by atoms with Crippen LogP contribution in [0.4, 0.5) is 5.69 Å². The third kappa shape index (κ3) is 4.12. The maximum atomic E-state index is 9.57. The molecule has 3 aromatic carbocycles. The van der Waals surface area contributed by atoms with E-state index < -0.39 is 0 Å². The van der Waals surface area contributed by atoms with Gasteiger partial charge in [-0.25, -0.2) is 34.7 Å². The first-order valence-corrected chi connectivity index (χ1v) is 12.2. The molecule has 6 rings (SSSR count). The summed E-state index contributed by atoms with van der Waals surface area (Å²) in [4.78, 5) is 30.8. The summed E-state index contributed by atoms with van der Waals surface area (Å²) in [5, 5.41) is 11.3. The number of hydrogen-bond acceptors (Lipinski definition) is 7. The van der Waals surface area contributed by atoms with Crippen molar-refractivity contribution in [1.82, 2.24) is 34.5 Å².